The lowest BCUT2D eigenvalue weighted by atomic mass is 10.1. The van der Waals surface area contributed by atoms with Crippen molar-refractivity contribution in [3.63, 3.8) is 0 Å². The minimum Gasteiger partial charge on any atom is -0.375 e. The molecule has 0 heterocycles. The van der Waals surface area contributed by atoms with Crippen LogP contribution in [-0.2, 0) is 10.1 Å². The Morgan fingerprint density at radius 2 is 1.58 bits per heavy atom. The van der Waals surface area contributed by atoms with E-state index in [1.807, 2.05) is 0 Å². The number of benzene rings is 2. The number of rotatable bonds is 2. The van der Waals surface area contributed by atoms with Crippen molar-refractivity contribution in [3.05, 3.63) is 42.2 Å². The molecule has 3 nitrogen and oxygen atoms in total. The third kappa shape index (κ3) is 2.48. The summed E-state index contributed by atoms with van der Waals surface area (Å²) < 4.78 is 76.0. The third-order valence-corrected chi connectivity index (χ3v) is 3.26. The molecule has 8 heteroatoms. The summed E-state index contributed by atoms with van der Waals surface area (Å²) in [6, 6.07) is 7.41. The van der Waals surface area contributed by atoms with E-state index in [0.717, 1.165) is 12.1 Å². The van der Waals surface area contributed by atoms with Gasteiger partial charge >= 0.3 is 15.6 Å². The SMILES string of the molecule is O=S(=O)(Oc1cccc2cccc(F)c12)C(F)(F)F. The molecule has 0 aliphatic carbocycles. The molecule has 0 saturated heterocycles. The summed E-state index contributed by atoms with van der Waals surface area (Å²) in [6.07, 6.45) is 0. The summed E-state index contributed by atoms with van der Waals surface area (Å²) in [5.41, 5.74) is -5.57. The maximum absolute atomic E-state index is 13.6. The van der Waals surface area contributed by atoms with E-state index in [1.165, 1.54) is 24.3 Å². The van der Waals surface area contributed by atoms with Gasteiger partial charge in [0.05, 0.1) is 5.39 Å². The standard InChI is InChI=1S/C11H6F4O3S/c12-8-5-1-3-7-4-2-6-9(10(7)8)18-19(16,17)11(13,14)15/h1-6H. The number of hydrogen-bond donors (Lipinski definition) is 0. The zero-order chi connectivity index (χ0) is 14.3. The third-order valence-electron chi connectivity index (χ3n) is 2.30. The molecule has 0 radical (unpaired) electrons. The van der Waals surface area contributed by atoms with Crippen molar-refractivity contribution in [2.24, 2.45) is 0 Å². The van der Waals surface area contributed by atoms with E-state index in [4.69, 9.17) is 0 Å². The van der Waals surface area contributed by atoms with Crippen molar-refractivity contribution in [1.82, 2.24) is 0 Å². The Morgan fingerprint density at radius 3 is 2.16 bits per heavy atom. The Balaban J connectivity index is 2.60. The van der Waals surface area contributed by atoms with Gasteiger partial charge in [0.2, 0.25) is 0 Å². The van der Waals surface area contributed by atoms with Crippen molar-refractivity contribution in [1.29, 1.82) is 0 Å². The predicted molar refractivity (Wildman–Crippen MR) is 59.5 cm³/mol. The summed E-state index contributed by atoms with van der Waals surface area (Å²) in [4.78, 5) is 0. The molecule has 0 atom stereocenters. The first-order chi connectivity index (χ1) is 8.72. The Hall–Kier alpha value is -1.83. The van der Waals surface area contributed by atoms with E-state index in [1.54, 1.807) is 0 Å². The fraction of sp³-hybridized carbons (Fsp3) is 0.0909. The van der Waals surface area contributed by atoms with Crippen LogP contribution in [0, 0.1) is 5.82 Å². The van der Waals surface area contributed by atoms with Gasteiger partial charge < -0.3 is 4.18 Å². The van der Waals surface area contributed by atoms with Crippen LogP contribution in [0.15, 0.2) is 36.4 Å². The van der Waals surface area contributed by atoms with Gasteiger partial charge in [-0.05, 0) is 17.5 Å². The first kappa shape index (κ1) is 13.6. The molecule has 0 bridgehead atoms. The lowest BCUT2D eigenvalue weighted by Crippen LogP contribution is -2.28. The lowest BCUT2D eigenvalue weighted by molar-refractivity contribution is -0.0499. The van der Waals surface area contributed by atoms with E-state index in [2.05, 4.69) is 4.18 Å². The quantitative estimate of drug-likeness (QED) is 0.485. The topological polar surface area (TPSA) is 43.4 Å². The van der Waals surface area contributed by atoms with Gasteiger partial charge in [-0.3, -0.25) is 0 Å². The number of alkyl halides is 3. The molecule has 2 rings (SSSR count). The van der Waals surface area contributed by atoms with Crippen molar-refractivity contribution in [2.75, 3.05) is 0 Å². The molecule has 102 valence electrons. The minimum absolute atomic E-state index is 0.231. The van der Waals surface area contributed by atoms with Crippen LogP contribution in [-0.4, -0.2) is 13.9 Å². The zero-order valence-electron chi connectivity index (χ0n) is 9.11. The van der Waals surface area contributed by atoms with E-state index >= 15 is 0 Å². The second kappa shape index (κ2) is 4.37. The van der Waals surface area contributed by atoms with E-state index in [0.29, 0.717) is 0 Å². The zero-order valence-corrected chi connectivity index (χ0v) is 9.93. The molecule has 0 N–H and O–H groups in total. The maximum Gasteiger partial charge on any atom is 0.534 e. The Morgan fingerprint density at radius 1 is 1.00 bits per heavy atom. The van der Waals surface area contributed by atoms with Crippen LogP contribution >= 0.6 is 0 Å². The van der Waals surface area contributed by atoms with Gasteiger partial charge in [-0.15, -0.1) is 0 Å². The minimum atomic E-state index is -5.83. The van der Waals surface area contributed by atoms with Gasteiger partial charge in [0.1, 0.15) is 5.82 Å². The summed E-state index contributed by atoms with van der Waals surface area (Å²) in [5.74, 6) is -1.57. The van der Waals surface area contributed by atoms with Crippen LogP contribution < -0.4 is 4.18 Å². The van der Waals surface area contributed by atoms with Gasteiger partial charge in [-0.25, -0.2) is 4.39 Å². The first-order valence-corrected chi connectivity index (χ1v) is 6.31. The molecule has 0 saturated carbocycles. The molecule has 0 fully saturated rings. The second-order valence-electron chi connectivity index (χ2n) is 3.58. The van der Waals surface area contributed by atoms with Crippen LogP contribution in [0.3, 0.4) is 0 Å². The van der Waals surface area contributed by atoms with Crippen LogP contribution in [0.4, 0.5) is 17.6 Å². The molecule has 19 heavy (non-hydrogen) atoms. The average Bonchev–Trinajstić information content (AvgIpc) is 2.27. The molecule has 0 aromatic heterocycles. The van der Waals surface area contributed by atoms with Gasteiger partial charge in [0, 0.05) is 0 Å². The molecule has 0 spiro atoms. The summed E-state index contributed by atoms with van der Waals surface area (Å²) >= 11 is 0. The molecule has 0 unspecified atom stereocenters. The van der Waals surface area contributed by atoms with Crippen molar-refractivity contribution >= 4 is 20.9 Å². The monoisotopic (exact) mass is 294 g/mol. The highest BCUT2D eigenvalue weighted by Crippen LogP contribution is 2.32. The largest absolute Gasteiger partial charge is 0.534 e. The Kier molecular flexibility index (Phi) is 3.13. The Labute approximate surface area is 105 Å². The number of halogens is 4. The van der Waals surface area contributed by atoms with Gasteiger partial charge in [-0.1, -0.05) is 24.3 Å². The molecule has 2 aromatic carbocycles. The molecule has 0 amide bonds. The van der Waals surface area contributed by atoms with Crippen molar-refractivity contribution in [2.45, 2.75) is 5.51 Å². The highest BCUT2D eigenvalue weighted by molar-refractivity contribution is 7.88. The Bertz CT molecular complexity index is 717. The highest BCUT2D eigenvalue weighted by Gasteiger charge is 2.48. The van der Waals surface area contributed by atoms with Crippen LogP contribution in [0.25, 0.3) is 10.8 Å². The lowest BCUT2D eigenvalue weighted by Gasteiger charge is -2.11. The van der Waals surface area contributed by atoms with Crippen molar-refractivity contribution < 1.29 is 30.2 Å². The second-order valence-corrected chi connectivity index (χ2v) is 5.12. The predicted octanol–water partition coefficient (Wildman–Crippen LogP) is 3.21. The van der Waals surface area contributed by atoms with Crippen molar-refractivity contribution in [3.8, 4) is 5.75 Å². The van der Waals surface area contributed by atoms with Gasteiger partial charge in [0.25, 0.3) is 0 Å². The molecule has 0 aliphatic heterocycles. The van der Waals surface area contributed by atoms with Gasteiger partial charge in [0.15, 0.2) is 5.75 Å². The summed E-state index contributed by atoms with van der Waals surface area (Å²) in [5, 5.41) is -0.0901. The maximum atomic E-state index is 13.6. The number of fused-ring (bicyclic) bond motifs is 1. The normalized spacial score (nSPS) is 12.6. The number of hydrogen-bond acceptors (Lipinski definition) is 3. The van der Waals surface area contributed by atoms with Gasteiger partial charge in [-0.2, -0.15) is 21.6 Å². The summed E-state index contributed by atoms with van der Waals surface area (Å²) in [7, 11) is -5.83. The smallest absolute Gasteiger partial charge is 0.375 e. The van der Waals surface area contributed by atoms with E-state index in [9.17, 15) is 26.0 Å². The molecular weight excluding hydrogens is 288 g/mol. The van der Waals surface area contributed by atoms with E-state index < -0.39 is 27.2 Å². The van der Waals surface area contributed by atoms with Crippen LogP contribution in [0.2, 0.25) is 0 Å². The average molecular weight is 294 g/mol. The molecular formula is C11H6F4O3S. The fourth-order valence-electron chi connectivity index (χ4n) is 1.50. The van der Waals surface area contributed by atoms with E-state index in [-0.39, 0.29) is 10.8 Å². The molecule has 2 aromatic rings. The first-order valence-electron chi connectivity index (χ1n) is 4.90. The molecule has 0 aliphatic rings. The summed E-state index contributed by atoms with van der Waals surface area (Å²) in [6.45, 7) is 0. The van der Waals surface area contributed by atoms with Crippen LogP contribution in [0.5, 0.6) is 5.75 Å². The highest BCUT2D eigenvalue weighted by atomic mass is 32.2. The fourth-order valence-corrected chi connectivity index (χ4v) is 1.97. The van der Waals surface area contributed by atoms with Crippen LogP contribution in [0.1, 0.15) is 0 Å².